The van der Waals surface area contributed by atoms with E-state index in [9.17, 15) is 4.39 Å². The Labute approximate surface area is 127 Å². The van der Waals surface area contributed by atoms with Gasteiger partial charge >= 0.3 is 0 Å². The van der Waals surface area contributed by atoms with Crippen molar-refractivity contribution in [1.82, 2.24) is 0 Å². The molecule has 0 amide bonds. The van der Waals surface area contributed by atoms with Crippen LogP contribution in [0, 0.1) is 5.82 Å². The number of thiocarbonyl (C=S) groups is 1. The van der Waals surface area contributed by atoms with Crippen molar-refractivity contribution in [2.75, 3.05) is 0 Å². The zero-order valence-electron chi connectivity index (χ0n) is 10.6. The van der Waals surface area contributed by atoms with Crippen molar-refractivity contribution in [2.24, 2.45) is 5.73 Å². The van der Waals surface area contributed by atoms with Gasteiger partial charge in [0.15, 0.2) is 0 Å². The summed E-state index contributed by atoms with van der Waals surface area (Å²) in [7, 11) is 0. The molecule has 2 nitrogen and oxygen atoms in total. The molecule has 0 saturated carbocycles. The highest BCUT2D eigenvalue weighted by atomic mass is 35.5. The molecule has 0 aliphatic carbocycles. The average molecular weight is 310 g/mol. The number of hydrogen-bond donors (Lipinski definition) is 1. The average Bonchev–Trinajstić information content (AvgIpc) is 2.42. The van der Waals surface area contributed by atoms with Gasteiger partial charge in [-0.05, 0) is 17.7 Å². The standard InChI is InChI=1S/C15H13ClFNOS/c16-13-7-10(15(18)20)5-6-11(13)8-19-9-12-3-1-2-4-14(12)17/h1-7H,8-9H2,(H2,18,20). The summed E-state index contributed by atoms with van der Waals surface area (Å²) in [5.41, 5.74) is 7.56. The molecule has 0 atom stereocenters. The first-order valence-corrected chi connectivity index (χ1v) is 6.76. The molecule has 0 saturated heterocycles. The van der Waals surface area contributed by atoms with Crippen molar-refractivity contribution >= 4 is 28.8 Å². The fourth-order valence-corrected chi connectivity index (χ4v) is 2.07. The molecule has 0 aliphatic heterocycles. The molecule has 0 radical (unpaired) electrons. The Balaban J connectivity index is 1.98. The monoisotopic (exact) mass is 309 g/mol. The van der Waals surface area contributed by atoms with Gasteiger partial charge in [0.1, 0.15) is 10.8 Å². The summed E-state index contributed by atoms with van der Waals surface area (Å²) >= 11 is 11.0. The summed E-state index contributed by atoms with van der Waals surface area (Å²) in [4.78, 5) is 0.297. The highest BCUT2D eigenvalue weighted by Crippen LogP contribution is 2.19. The van der Waals surface area contributed by atoms with Gasteiger partial charge in [-0.2, -0.15) is 0 Å². The van der Waals surface area contributed by atoms with Gasteiger partial charge in [-0.3, -0.25) is 0 Å². The van der Waals surface area contributed by atoms with E-state index in [2.05, 4.69) is 0 Å². The van der Waals surface area contributed by atoms with Gasteiger partial charge in [-0.25, -0.2) is 4.39 Å². The van der Waals surface area contributed by atoms with Crippen molar-refractivity contribution in [3.8, 4) is 0 Å². The fraction of sp³-hybridized carbons (Fsp3) is 0.133. The number of rotatable bonds is 5. The molecule has 0 bridgehead atoms. The molecular formula is C15H13ClFNOS. The van der Waals surface area contributed by atoms with Gasteiger partial charge in [0.05, 0.1) is 13.2 Å². The van der Waals surface area contributed by atoms with Crippen LogP contribution in [0.5, 0.6) is 0 Å². The van der Waals surface area contributed by atoms with Crippen molar-refractivity contribution in [1.29, 1.82) is 0 Å². The van der Waals surface area contributed by atoms with Crippen LogP contribution < -0.4 is 5.73 Å². The summed E-state index contributed by atoms with van der Waals surface area (Å²) in [6, 6.07) is 11.8. The van der Waals surface area contributed by atoms with E-state index in [0.717, 1.165) is 5.56 Å². The number of halogens is 2. The Morgan fingerprint density at radius 2 is 1.85 bits per heavy atom. The third-order valence-corrected chi connectivity index (χ3v) is 3.40. The van der Waals surface area contributed by atoms with Crippen LogP contribution in [0.1, 0.15) is 16.7 Å². The highest BCUT2D eigenvalue weighted by Gasteiger charge is 2.05. The number of benzene rings is 2. The molecular weight excluding hydrogens is 297 g/mol. The zero-order chi connectivity index (χ0) is 14.5. The Morgan fingerprint density at radius 3 is 2.50 bits per heavy atom. The van der Waals surface area contributed by atoms with Crippen molar-refractivity contribution < 1.29 is 9.13 Å². The fourth-order valence-electron chi connectivity index (χ4n) is 1.70. The van der Waals surface area contributed by atoms with E-state index in [1.807, 2.05) is 0 Å². The maximum atomic E-state index is 13.4. The minimum absolute atomic E-state index is 0.194. The summed E-state index contributed by atoms with van der Waals surface area (Å²) in [5.74, 6) is -0.276. The second kappa shape index (κ2) is 6.79. The lowest BCUT2D eigenvalue weighted by Crippen LogP contribution is -2.09. The predicted molar refractivity (Wildman–Crippen MR) is 82.2 cm³/mol. The van der Waals surface area contributed by atoms with Gasteiger partial charge < -0.3 is 10.5 Å². The first-order chi connectivity index (χ1) is 9.58. The second-order valence-corrected chi connectivity index (χ2v) is 5.10. The zero-order valence-corrected chi connectivity index (χ0v) is 12.2. The van der Waals surface area contributed by atoms with Crippen LogP contribution >= 0.6 is 23.8 Å². The van der Waals surface area contributed by atoms with Crippen molar-refractivity contribution in [3.05, 3.63) is 70.0 Å². The van der Waals surface area contributed by atoms with E-state index < -0.39 is 0 Å². The Kier molecular flexibility index (Phi) is 5.06. The van der Waals surface area contributed by atoms with E-state index in [0.29, 0.717) is 27.7 Å². The van der Waals surface area contributed by atoms with Gasteiger partial charge in [0.25, 0.3) is 0 Å². The van der Waals surface area contributed by atoms with E-state index in [1.54, 1.807) is 36.4 Å². The quantitative estimate of drug-likeness (QED) is 0.853. The molecule has 0 heterocycles. The normalized spacial score (nSPS) is 10.5. The third-order valence-electron chi connectivity index (χ3n) is 2.81. The molecule has 0 aromatic heterocycles. The van der Waals surface area contributed by atoms with Crippen molar-refractivity contribution in [2.45, 2.75) is 13.2 Å². The molecule has 0 aliphatic rings. The molecule has 0 unspecified atom stereocenters. The topological polar surface area (TPSA) is 35.2 Å². The smallest absolute Gasteiger partial charge is 0.128 e. The largest absolute Gasteiger partial charge is 0.389 e. The molecule has 2 aromatic carbocycles. The van der Waals surface area contributed by atoms with Crippen LogP contribution in [0.25, 0.3) is 0 Å². The number of nitrogens with two attached hydrogens (primary N) is 1. The van der Waals surface area contributed by atoms with Crippen LogP contribution in [-0.4, -0.2) is 4.99 Å². The third kappa shape index (κ3) is 3.76. The summed E-state index contributed by atoms with van der Waals surface area (Å²) < 4.78 is 18.9. The lowest BCUT2D eigenvalue weighted by molar-refractivity contribution is 0.105. The molecule has 0 fully saturated rings. The molecule has 2 aromatic rings. The highest BCUT2D eigenvalue weighted by molar-refractivity contribution is 7.80. The lowest BCUT2D eigenvalue weighted by atomic mass is 10.1. The van der Waals surface area contributed by atoms with Gasteiger partial charge in [-0.1, -0.05) is 54.2 Å². The Hall–Kier alpha value is -1.49. The van der Waals surface area contributed by atoms with Crippen LogP contribution in [0.3, 0.4) is 0 Å². The molecule has 2 N–H and O–H groups in total. The first-order valence-electron chi connectivity index (χ1n) is 5.97. The van der Waals surface area contributed by atoms with E-state index >= 15 is 0 Å². The van der Waals surface area contributed by atoms with Crippen LogP contribution in [0.2, 0.25) is 5.02 Å². The minimum Gasteiger partial charge on any atom is -0.389 e. The maximum Gasteiger partial charge on any atom is 0.128 e. The second-order valence-electron chi connectivity index (χ2n) is 4.25. The number of hydrogen-bond acceptors (Lipinski definition) is 2. The van der Waals surface area contributed by atoms with Gasteiger partial charge in [-0.15, -0.1) is 0 Å². The van der Waals surface area contributed by atoms with Crippen molar-refractivity contribution in [3.63, 3.8) is 0 Å². The molecule has 2 rings (SSSR count). The molecule has 20 heavy (non-hydrogen) atoms. The van der Waals surface area contributed by atoms with Crippen LogP contribution in [0.4, 0.5) is 4.39 Å². The summed E-state index contributed by atoms with van der Waals surface area (Å²) in [5, 5.41) is 0.531. The summed E-state index contributed by atoms with van der Waals surface area (Å²) in [6.07, 6.45) is 0. The lowest BCUT2D eigenvalue weighted by Gasteiger charge is -2.08. The van der Waals surface area contributed by atoms with Gasteiger partial charge in [0.2, 0.25) is 0 Å². The Bertz CT molecular complexity index is 633. The maximum absolute atomic E-state index is 13.4. The van der Waals surface area contributed by atoms with Crippen LogP contribution in [-0.2, 0) is 18.0 Å². The predicted octanol–water partition coefficient (Wildman–Crippen LogP) is 3.83. The number of ether oxygens (including phenoxy) is 1. The molecule has 104 valence electrons. The first kappa shape index (κ1) is 14.9. The van der Waals surface area contributed by atoms with Gasteiger partial charge in [0, 0.05) is 16.1 Å². The summed E-state index contributed by atoms with van der Waals surface area (Å²) in [6.45, 7) is 0.491. The SMILES string of the molecule is NC(=S)c1ccc(COCc2ccccc2F)c(Cl)c1. The van der Waals surface area contributed by atoms with E-state index in [1.165, 1.54) is 6.07 Å². The molecule has 0 spiro atoms. The Morgan fingerprint density at radius 1 is 1.15 bits per heavy atom. The van der Waals surface area contributed by atoms with Crippen LogP contribution in [0.15, 0.2) is 42.5 Å². The van der Waals surface area contributed by atoms with E-state index in [4.69, 9.17) is 34.3 Å². The minimum atomic E-state index is -0.276. The molecule has 5 heteroatoms. The van der Waals surface area contributed by atoms with E-state index in [-0.39, 0.29) is 12.4 Å².